The molecular weight excluding hydrogens is 342 g/mol. The van der Waals surface area contributed by atoms with Crippen molar-refractivity contribution in [3.63, 3.8) is 0 Å². The molecule has 0 aliphatic carbocycles. The van der Waals surface area contributed by atoms with E-state index < -0.39 is 0 Å². The first-order chi connectivity index (χ1) is 12.7. The van der Waals surface area contributed by atoms with Gasteiger partial charge in [-0.25, -0.2) is 15.0 Å². The second kappa shape index (κ2) is 6.06. The number of rotatable bonds is 2. The van der Waals surface area contributed by atoms with E-state index in [1.807, 2.05) is 6.07 Å². The average molecular weight is 363 g/mol. The lowest BCUT2D eigenvalue weighted by atomic mass is 9.96. The predicted octanol–water partition coefficient (Wildman–Crippen LogP) is 4.57. The maximum Gasteiger partial charge on any atom is 0.141 e. The van der Waals surface area contributed by atoms with Gasteiger partial charge in [-0.1, -0.05) is 12.1 Å². The molecule has 0 saturated carbocycles. The minimum Gasteiger partial charge on any atom is -0.356 e. The SMILES string of the molecule is Cc1sc2ncnc(N3CCC(c4nc5ccccc5[nH]4)CC3)c2c1C. The normalized spacial score (nSPS) is 16.0. The number of fused-ring (bicyclic) bond motifs is 2. The Hall–Kier alpha value is -2.47. The Kier molecular flexibility index (Phi) is 3.67. The zero-order chi connectivity index (χ0) is 17.7. The number of H-pyrrole nitrogens is 1. The fourth-order valence-corrected chi connectivity index (χ4v) is 4.93. The van der Waals surface area contributed by atoms with Crippen LogP contribution in [0, 0.1) is 13.8 Å². The largest absolute Gasteiger partial charge is 0.356 e. The van der Waals surface area contributed by atoms with E-state index in [9.17, 15) is 0 Å². The number of nitrogens with one attached hydrogen (secondary N) is 1. The summed E-state index contributed by atoms with van der Waals surface area (Å²) >= 11 is 1.76. The number of piperidine rings is 1. The summed E-state index contributed by atoms with van der Waals surface area (Å²) in [5.41, 5.74) is 3.51. The van der Waals surface area contributed by atoms with Crippen molar-refractivity contribution in [2.75, 3.05) is 18.0 Å². The molecule has 1 fully saturated rings. The van der Waals surface area contributed by atoms with Crippen molar-refractivity contribution < 1.29 is 0 Å². The van der Waals surface area contributed by atoms with Gasteiger partial charge in [0.05, 0.1) is 16.4 Å². The first kappa shape index (κ1) is 15.8. The molecule has 4 aromatic rings. The van der Waals surface area contributed by atoms with Crippen molar-refractivity contribution in [3.05, 3.63) is 46.9 Å². The highest BCUT2D eigenvalue weighted by Gasteiger charge is 2.26. The Balaban J connectivity index is 1.40. The maximum atomic E-state index is 4.80. The summed E-state index contributed by atoms with van der Waals surface area (Å²) < 4.78 is 0. The summed E-state index contributed by atoms with van der Waals surface area (Å²) in [5, 5.41) is 1.23. The van der Waals surface area contributed by atoms with E-state index in [0.717, 1.165) is 53.4 Å². The van der Waals surface area contributed by atoms with Crippen LogP contribution in [-0.2, 0) is 0 Å². The van der Waals surface area contributed by atoms with E-state index >= 15 is 0 Å². The second-order valence-electron chi connectivity index (χ2n) is 7.06. The highest BCUT2D eigenvalue weighted by molar-refractivity contribution is 7.18. The monoisotopic (exact) mass is 363 g/mol. The number of hydrogen-bond acceptors (Lipinski definition) is 5. The Bertz CT molecular complexity index is 1060. The van der Waals surface area contributed by atoms with Crippen LogP contribution in [0.25, 0.3) is 21.3 Å². The lowest BCUT2D eigenvalue weighted by molar-refractivity contribution is 0.488. The van der Waals surface area contributed by atoms with Gasteiger partial charge in [-0.2, -0.15) is 0 Å². The van der Waals surface area contributed by atoms with E-state index in [0.29, 0.717) is 5.92 Å². The molecule has 0 radical (unpaired) electrons. The summed E-state index contributed by atoms with van der Waals surface area (Å²) in [4.78, 5) is 22.3. The third kappa shape index (κ3) is 2.48. The third-order valence-corrected chi connectivity index (χ3v) is 6.65. The molecule has 4 heterocycles. The first-order valence-corrected chi connectivity index (χ1v) is 9.92. The quantitative estimate of drug-likeness (QED) is 0.567. The van der Waals surface area contributed by atoms with Gasteiger partial charge in [0.15, 0.2) is 0 Å². The minimum atomic E-state index is 0.487. The van der Waals surface area contributed by atoms with E-state index in [-0.39, 0.29) is 0 Å². The molecule has 1 aliphatic rings. The number of nitrogens with zero attached hydrogens (tertiary/aromatic N) is 4. The van der Waals surface area contributed by atoms with Gasteiger partial charge < -0.3 is 9.88 Å². The van der Waals surface area contributed by atoms with Crippen molar-refractivity contribution in [3.8, 4) is 0 Å². The molecule has 1 aromatic carbocycles. The molecule has 26 heavy (non-hydrogen) atoms. The van der Waals surface area contributed by atoms with Crippen molar-refractivity contribution >= 4 is 38.4 Å². The highest BCUT2D eigenvalue weighted by Crippen LogP contribution is 2.36. The molecule has 0 amide bonds. The van der Waals surface area contributed by atoms with Crippen LogP contribution in [0.4, 0.5) is 5.82 Å². The Labute approximate surface area is 156 Å². The Morgan fingerprint density at radius 2 is 1.92 bits per heavy atom. The van der Waals surface area contributed by atoms with Crippen LogP contribution in [-0.4, -0.2) is 33.0 Å². The van der Waals surface area contributed by atoms with E-state index in [1.165, 1.54) is 15.8 Å². The predicted molar refractivity (Wildman–Crippen MR) is 107 cm³/mol. The molecule has 0 spiro atoms. The van der Waals surface area contributed by atoms with E-state index in [4.69, 9.17) is 4.98 Å². The number of anilines is 1. The Morgan fingerprint density at radius 3 is 2.73 bits per heavy atom. The molecule has 0 atom stereocenters. The minimum absolute atomic E-state index is 0.487. The Morgan fingerprint density at radius 1 is 1.12 bits per heavy atom. The van der Waals surface area contributed by atoms with E-state index in [2.05, 4.69) is 51.9 Å². The molecular formula is C20H21N5S. The first-order valence-electron chi connectivity index (χ1n) is 9.11. The third-order valence-electron chi connectivity index (χ3n) is 5.53. The smallest absolute Gasteiger partial charge is 0.141 e. The summed E-state index contributed by atoms with van der Waals surface area (Å²) in [7, 11) is 0. The zero-order valence-corrected chi connectivity index (χ0v) is 15.8. The number of hydrogen-bond donors (Lipinski definition) is 1. The number of aryl methyl sites for hydroxylation is 2. The van der Waals surface area contributed by atoms with Crippen LogP contribution in [0.2, 0.25) is 0 Å². The summed E-state index contributed by atoms with van der Waals surface area (Å²) in [6.45, 7) is 6.35. The number of benzene rings is 1. The van der Waals surface area contributed by atoms with E-state index in [1.54, 1.807) is 17.7 Å². The standard InChI is InChI=1S/C20H21N5S/c1-12-13(2)26-20-17(12)19(21-11-22-20)25-9-7-14(8-10-25)18-23-15-5-3-4-6-16(15)24-18/h3-6,11,14H,7-10H2,1-2H3,(H,23,24). The van der Waals surface area contributed by atoms with Crippen LogP contribution >= 0.6 is 11.3 Å². The van der Waals surface area contributed by atoms with Gasteiger partial charge in [0, 0.05) is 23.9 Å². The van der Waals surface area contributed by atoms with Gasteiger partial charge in [0.2, 0.25) is 0 Å². The van der Waals surface area contributed by atoms with Crippen LogP contribution in [0.1, 0.15) is 35.0 Å². The fourth-order valence-electron chi connectivity index (χ4n) is 3.93. The summed E-state index contributed by atoms with van der Waals surface area (Å²) in [6, 6.07) is 8.27. The molecule has 0 unspecified atom stereocenters. The van der Waals surface area contributed by atoms with Crippen LogP contribution < -0.4 is 4.90 Å². The topological polar surface area (TPSA) is 57.7 Å². The zero-order valence-electron chi connectivity index (χ0n) is 15.0. The molecule has 1 N–H and O–H groups in total. The molecule has 132 valence electrons. The maximum absolute atomic E-state index is 4.80. The van der Waals surface area contributed by atoms with Crippen molar-refractivity contribution in [2.45, 2.75) is 32.6 Å². The summed E-state index contributed by atoms with van der Waals surface area (Å²) in [6.07, 6.45) is 3.89. The van der Waals surface area contributed by atoms with Gasteiger partial charge in [0.1, 0.15) is 22.8 Å². The molecule has 5 nitrogen and oxygen atoms in total. The van der Waals surface area contributed by atoms with Gasteiger partial charge in [-0.05, 0) is 44.4 Å². The van der Waals surface area contributed by atoms with Gasteiger partial charge in [-0.3, -0.25) is 0 Å². The lowest BCUT2D eigenvalue weighted by Crippen LogP contribution is -2.34. The molecule has 6 heteroatoms. The summed E-state index contributed by atoms with van der Waals surface area (Å²) in [5.74, 6) is 2.71. The number of para-hydroxylation sites is 2. The number of thiophene rings is 1. The average Bonchev–Trinajstić information content (AvgIpc) is 3.23. The molecule has 1 saturated heterocycles. The van der Waals surface area contributed by atoms with Gasteiger partial charge in [0.25, 0.3) is 0 Å². The second-order valence-corrected chi connectivity index (χ2v) is 8.26. The van der Waals surface area contributed by atoms with Crippen molar-refractivity contribution in [1.82, 2.24) is 19.9 Å². The van der Waals surface area contributed by atoms with Crippen LogP contribution in [0.3, 0.4) is 0 Å². The number of aromatic nitrogens is 4. The number of aromatic amines is 1. The highest BCUT2D eigenvalue weighted by atomic mass is 32.1. The molecule has 3 aromatic heterocycles. The van der Waals surface area contributed by atoms with Crippen molar-refractivity contribution in [2.24, 2.45) is 0 Å². The van der Waals surface area contributed by atoms with Crippen LogP contribution in [0.5, 0.6) is 0 Å². The lowest BCUT2D eigenvalue weighted by Gasteiger charge is -2.32. The molecule has 0 bridgehead atoms. The molecule has 1 aliphatic heterocycles. The van der Waals surface area contributed by atoms with Crippen LogP contribution in [0.15, 0.2) is 30.6 Å². The van der Waals surface area contributed by atoms with Gasteiger partial charge >= 0.3 is 0 Å². The van der Waals surface area contributed by atoms with Crippen molar-refractivity contribution in [1.29, 1.82) is 0 Å². The molecule has 5 rings (SSSR count). The number of imidazole rings is 1. The fraction of sp³-hybridized carbons (Fsp3) is 0.350. The van der Waals surface area contributed by atoms with Gasteiger partial charge in [-0.15, -0.1) is 11.3 Å².